The summed E-state index contributed by atoms with van der Waals surface area (Å²) in [6.07, 6.45) is 2.31. The molecule has 0 fully saturated rings. The van der Waals surface area contributed by atoms with E-state index in [0.29, 0.717) is 0 Å². The van der Waals surface area contributed by atoms with E-state index < -0.39 is 10.0 Å². The van der Waals surface area contributed by atoms with Gasteiger partial charge in [0.2, 0.25) is 5.95 Å². The molecule has 0 radical (unpaired) electrons. The minimum Gasteiger partial charge on any atom is -0.293 e. The third kappa shape index (κ3) is 4.83. The number of hydrogen-bond donors (Lipinski definition) is 1. The molecule has 2 aromatic rings. The molecule has 0 saturated carbocycles. The van der Waals surface area contributed by atoms with Gasteiger partial charge in [0.25, 0.3) is 10.0 Å². The lowest BCUT2D eigenvalue weighted by atomic mass is 10.1. The maximum absolute atomic E-state index is 12.3. The normalized spacial score (nSPS) is 11.0. The maximum atomic E-state index is 12.3. The first-order chi connectivity index (χ1) is 10.9. The molecule has 1 heterocycles. The predicted octanol–water partition coefficient (Wildman–Crippen LogP) is 1.13. The van der Waals surface area contributed by atoms with E-state index in [2.05, 4.69) is 19.7 Å². The molecule has 0 spiro atoms. The standard InChI is InChI=1S/C13H12N4O4S2/c1-9(18)22-6-12(19)10-3-2-4-11(5-10)23(20,21)17-13-15-7-14-8-16-13/h2-5,7-8H,6H2,1H3,(H,14,15,16,17). The van der Waals surface area contributed by atoms with Gasteiger partial charge < -0.3 is 0 Å². The van der Waals surface area contributed by atoms with Gasteiger partial charge in [0, 0.05) is 12.5 Å². The number of aromatic nitrogens is 3. The average molecular weight is 352 g/mol. The van der Waals surface area contributed by atoms with Gasteiger partial charge in [0.15, 0.2) is 10.9 Å². The van der Waals surface area contributed by atoms with Gasteiger partial charge >= 0.3 is 0 Å². The first-order valence-corrected chi connectivity index (χ1v) is 8.77. The second-order valence-corrected chi connectivity index (χ2v) is 7.13. The summed E-state index contributed by atoms with van der Waals surface area (Å²) in [6, 6.07) is 5.53. The van der Waals surface area contributed by atoms with Gasteiger partial charge in [0.05, 0.1) is 10.6 Å². The van der Waals surface area contributed by atoms with E-state index >= 15 is 0 Å². The number of nitrogens with one attached hydrogen (secondary N) is 1. The van der Waals surface area contributed by atoms with E-state index in [9.17, 15) is 18.0 Å². The van der Waals surface area contributed by atoms with Crippen molar-refractivity contribution in [2.24, 2.45) is 0 Å². The number of carbonyl (C=O) groups is 2. The fourth-order valence-corrected chi connectivity index (χ4v) is 3.06. The Hall–Kier alpha value is -2.33. The maximum Gasteiger partial charge on any atom is 0.264 e. The summed E-state index contributed by atoms with van der Waals surface area (Å²) < 4.78 is 26.7. The largest absolute Gasteiger partial charge is 0.293 e. The Labute approximate surface area is 136 Å². The Morgan fingerprint density at radius 1 is 1.22 bits per heavy atom. The molecule has 1 N–H and O–H groups in total. The zero-order valence-electron chi connectivity index (χ0n) is 12.0. The van der Waals surface area contributed by atoms with Gasteiger partial charge in [-0.3, -0.25) is 9.59 Å². The molecule has 8 nitrogen and oxygen atoms in total. The van der Waals surface area contributed by atoms with Crippen LogP contribution in [0.1, 0.15) is 17.3 Å². The van der Waals surface area contributed by atoms with E-state index in [0.717, 1.165) is 24.4 Å². The van der Waals surface area contributed by atoms with Crippen LogP contribution in [0.15, 0.2) is 41.8 Å². The first kappa shape index (κ1) is 17.0. The smallest absolute Gasteiger partial charge is 0.264 e. The van der Waals surface area contributed by atoms with Crippen molar-refractivity contribution in [3.63, 3.8) is 0 Å². The number of Topliss-reactive ketones (excluding diaryl/α,β-unsaturated/α-hetero) is 1. The topological polar surface area (TPSA) is 119 Å². The molecule has 10 heteroatoms. The Morgan fingerprint density at radius 3 is 2.57 bits per heavy atom. The van der Waals surface area contributed by atoms with Crippen molar-refractivity contribution < 1.29 is 18.0 Å². The highest BCUT2D eigenvalue weighted by Crippen LogP contribution is 2.16. The summed E-state index contributed by atoms with van der Waals surface area (Å²) in [5.74, 6) is -0.494. The van der Waals surface area contributed by atoms with E-state index in [1.807, 2.05) is 0 Å². The summed E-state index contributed by atoms with van der Waals surface area (Å²) in [5.41, 5.74) is 0.206. The minimum absolute atomic E-state index is 0.0419. The Morgan fingerprint density at radius 2 is 1.91 bits per heavy atom. The highest BCUT2D eigenvalue weighted by Gasteiger charge is 2.17. The van der Waals surface area contributed by atoms with Crippen molar-refractivity contribution in [1.82, 2.24) is 15.0 Å². The first-order valence-electron chi connectivity index (χ1n) is 6.30. The van der Waals surface area contributed by atoms with Gasteiger partial charge in [-0.2, -0.15) is 0 Å². The third-order valence-electron chi connectivity index (χ3n) is 2.59. The average Bonchev–Trinajstić information content (AvgIpc) is 2.53. The van der Waals surface area contributed by atoms with Crippen LogP contribution in [0.5, 0.6) is 0 Å². The van der Waals surface area contributed by atoms with Gasteiger partial charge in [-0.15, -0.1) is 0 Å². The third-order valence-corrected chi connectivity index (χ3v) is 4.73. The van der Waals surface area contributed by atoms with Crippen molar-refractivity contribution in [1.29, 1.82) is 0 Å². The van der Waals surface area contributed by atoms with Gasteiger partial charge in [-0.05, 0) is 12.1 Å². The predicted molar refractivity (Wildman–Crippen MR) is 84.5 cm³/mol. The lowest BCUT2D eigenvalue weighted by Crippen LogP contribution is -2.16. The van der Waals surface area contributed by atoms with Crippen LogP contribution in [0.2, 0.25) is 0 Å². The van der Waals surface area contributed by atoms with Gasteiger partial charge in [-0.25, -0.2) is 28.1 Å². The van der Waals surface area contributed by atoms with Crippen molar-refractivity contribution in [2.45, 2.75) is 11.8 Å². The number of carbonyl (C=O) groups excluding carboxylic acids is 2. The molecular formula is C13H12N4O4S2. The van der Waals surface area contributed by atoms with Crippen LogP contribution in [0.25, 0.3) is 0 Å². The summed E-state index contributed by atoms with van der Waals surface area (Å²) in [6.45, 7) is 1.36. The molecule has 120 valence electrons. The molecule has 0 amide bonds. The van der Waals surface area contributed by atoms with Crippen molar-refractivity contribution in [3.8, 4) is 0 Å². The van der Waals surface area contributed by atoms with Gasteiger partial charge in [-0.1, -0.05) is 23.9 Å². The zero-order chi connectivity index (χ0) is 16.9. The number of anilines is 1. The fourth-order valence-electron chi connectivity index (χ4n) is 1.56. The van der Waals surface area contributed by atoms with Crippen LogP contribution in [0.3, 0.4) is 0 Å². The lowest BCUT2D eigenvalue weighted by Gasteiger charge is -2.07. The van der Waals surface area contributed by atoms with Crippen LogP contribution in [0, 0.1) is 0 Å². The van der Waals surface area contributed by atoms with E-state index in [4.69, 9.17) is 0 Å². The molecular weight excluding hydrogens is 340 g/mol. The number of ketones is 1. The van der Waals surface area contributed by atoms with Crippen LogP contribution in [-0.2, 0) is 14.8 Å². The molecule has 1 aromatic carbocycles. The molecule has 0 bridgehead atoms. The van der Waals surface area contributed by atoms with E-state index in [1.165, 1.54) is 31.2 Å². The minimum atomic E-state index is -3.93. The van der Waals surface area contributed by atoms with Crippen LogP contribution >= 0.6 is 11.8 Å². The summed E-state index contributed by atoms with van der Waals surface area (Å²) in [5, 5.41) is -0.182. The van der Waals surface area contributed by atoms with Crippen LogP contribution in [-0.4, -0.2) is 40.0 Å². The van der Waals surface area contributed by atoms with E-state index in [-0.39, 0.29) is 33.1 Å². The number of nitrogens with zero attached hydrogens (tertiary/aromatic N) is 3. The fraction of sp³-hybridized carbons (Fsp3) is 0.154. The Bertz CT molecular complexity index is 825. The number of sulfonamides is 1. The van der Waals surface area contributed by atoms with Crippen molar-refractivity contribution in [3.05, 3.63) is 42.5 Å². The Kier molecular flexibility index (Phi) is 5.40. The molecule has 0 unspecified atom stereocenters. The molecule has 2 rings (SSSR count). The highest BCUT2D eigenvalue weighted by atomic mass is 32.2. The Balaban J connectivity index is 2.21. The molecule has 1 aromatic heterocycles. The SMILES string of the molecule is CC(=O)SCC(=O)c1cccc(S(=O)(=O)Nc2ncncn2)c1. The second kappa shape index (κ2) is 7.29. The molecule has 0 aliphatic rings. The molecule has 0 saturated heterocycles. The summed E-state index contributed by atoms with van der Waals surface area (Å²) in [4.78, 5) is 33.7. The molecule has 23 heavy (non-hydrogen) atoms. The van der Waals surface area contributed by atoms with Crippen LogP contribution in [0.4, 0.5) is 5.95 Å². The van der Waals surface area contributed by atoms with Crippen molar-refractivity contribution in [2.75, 3.05) is 10.5 Å². The molecule has 0 aliphatic carbocycles. The lowest BCUT2D eigenvalue weighted by molar-refractivity contribution is -0.109. The molecule has 0 atom stereocenters. The van der Waals surface area contributed by atoms with E-state index in [1.54, 1.807) is 0 Å². The van der Waals surface area contributed by atoms with Gasteiger partial charge in [0.1, 0.15) is 12.7 Å². The number of thioether (sulfide) groups is 1. The summed E-state index contributed by atoms with van der Waals surface area (Å²) >= 11 is 0.870. The van der Waals surface area contributed by atoms with Crippen LogP contribution < -0.4 is 4.72 Å². The highest BCUT2D eigenvalue weighted by molar-refractivity contribution is 8.14. The quantitative estimate of drug-likeness (QED) is 0.769. The monoisotopic (exact) mass is 352 g/mol. The van der Waals surface area contributed by atoms with Crippen molar-refractivity contribution >= 4 is 38.6 Å². The number of benzene rings is 1. The molecule has 0 aliphatic heterocycles. The number of rotatable bonds is 6. The number of hydrogen-bond acceptors (Lipinski definition) is 8. The summed E-state index contributed by atoms with van der Waals surface area (Å²) in [7, 11) is -3.93. The second-order valence-electron chi connectivity index (χ2n) is 4.30. The zero-order valence-corrected chi connectivity index (χ0v) is 13.6.